The fraction of sp³-hybridized carbons (Fsp3) is 0.231. The van der Waals surface area contributed by atoms with Crippen molar-refractivity contribution in [2.75, 3.05) is 23.9 Å². The summed E-state index contributed by atoms with van der Waals surface area (Å²) in [5.41, 5.74) is 4.13. The van der Waals surface area contributed by atoms with Gasteiger partial charge in [-0.05, 0) is 66.4 Å². The number of carbonyl (C=O) groups is 2. The number of ether oxygens (including phenoxy) is 1. The number of anilines is 2. The Bertz CT molecular complexity index is 1040. The van der Waals surface area contributed by atoms with Crippen LogP contribution in [-0.2, 0) is 4.79 Å². The van der Waals surface area contributed by atoms with Gasteiger partial charge in [-0.3, -0.25) is 9.59 Å². The summed E-state index contributed by atoms with van der Waals surface area (Å²) >= 11 is 0. The van der Waals surface area contributed by atoms with E-state index in [2.05, 4.69) is 19.2 Å². The molecule has 0 aliphatic rings. The summed E-state index contributed by atoms with van der Waals surface area (Å²) in [6.45, 7) is 6.10. The highest BCUT2D eigenvalue weighted by molar-refractivity contribution is 6.06. The number of benzene rings is 3. The first-order valence-electron chi connectivity index (χ1n) is 10.3. The number of rotatable bonds is 7. The number of aryl methyl sites for hydroxylation is 1. The van der Waals surface area contributed by atoms with Crippen LogP contribution in [0.3, 0.4) is 0 Å². The fourth-order valence-corrected chi connectivity index (χ4v) is 3.24. The lowest BCUT2D eigenvalue weighted by molar-refractivity contribution is -0.118. The number of nitrogens with one attached hydrogen (secondary N) is 1. The van der Waals surface area contributed by atoms with E-state index in [0.717, 1.165) is 22.6 Å². The van der Waals surface area contributed by atoms with Gasteiger partial charge in [0.05, 0.1) is 0 Å². The molecule has 0 aliphatic carbocycles. The monoisotopic (exact) mass is 416 g/mol. The lowest BCUT2D eigenvalue weighted by atomic mass is 10.0. The molecule has 0 aromatic heterocycles. The molecular weight excluding hydrogens is 388 g/mol. The van der Waals surface area contributed by atoms with Gasteiger partial charge >= 0.3 is 0 Å². The molecule has 3 aromatic rings. The average Bonchev–Trinajstić information content (AvgIpc) is 2.77. The first-order chi connectivity index (χ1) is 14.8. The Balaban J connectivity index is 1.59. The second-order valence-electron chi connectivity index (χ2n) is 7.81. The number of para-hydroxylation sites is 1. The van der Waals surface area contributed by atoms with E-state index in [1.165, 1.54) is 0 Å². The molecule has 0 heterocycles. The standard InChI is InChI=1S/C26H28N2O3/c1-18(2)23-15-10-19(3)16-24(23)31-17-25(29)27-21-13-11-20(12-14-21)26(30)28(4)22-8-6-5-7-9-22/h5-16,18H,17H2,1-4H3,(H,27,29). The van der Waals surface area contributed by atoms with Crippen LogP contribution in [0.1, 0.15) is 41.3 Å². The Morgan fingerprint density at radius 1 is 0.968 bits per heavy atom. The van der Waals surface area contributed by atoms with Gasteiger partial charge in [-0.15, -0.1) is 0 Å². The highest BCUT2D eigenvalue weighted by Gasteiger charge is 2.14. The molecule has 0 bridgehead atoms. The minimum atomic E-state index is -0.253. The summed E-state index contributed by atoms with van der Waals surface area (Å²) in [6, 6.07) is 22.3. The fourth-order valence-electron chi connectivity index (χ4n) is 3.24. The van der Waals surface area contributed by atoms with Crippen molar-refractivity contribution in [2.24, 2.45) is 0 Å². The third-order valence-corrected chi connectivity index (χ3v) is 5.01. The zero-order valence-electron chi connectivity index (χ0n) is 18.4. The normalized spacial score (nSPS) is 10.6. The van der Waals surface area contributed by atoms with E-state index in [4.69, 9.17) is 4.74 Å². The van der Waals surface area contributed by atoms with Gasteiger partial charge in [-0.25, -0.2) is 0 Å². The average molecular weight is 417 g/mol. The lowest BCUT2D eigenvalue weighted by Crippen LogP contribution is -2.26. The maximum atomic E-state index is 12.7. The number of hydrogen-bond acceptors (Lipinski definition) is 3. The van der Waals surface area contributed by atoms with Gasteiger partial charge in [-0.2, -0.15) is 0 Å². The number of amides is 2. The van der Waals surface area contributed by atoms with Crippen molar-refractivity contribution in [1.29, 1.82) is 0 Å². The van der Waals surface area contributed by atoms with Gasteiger partial charge in [0.15, 0.2) is 6.61 Å². The Morgan fingerprint density at radius 2 is 1.65 bits per heavy atom. The summed E-state index contributed by atoms with van der Waals surface area (Å²) < 4.78 is 5.78. The van der Waals surface area contributed by atoms with Gasteiger partial charge in [-0.1, -0.05) is 44.2 Å². The molecule has 0 radical (unpaired) electrons. The topological polar surface area (TPSA) is 58.6 Å². The van der Waals surface area contributed by atoms with Gasteiger partial charge in [0, 0.05) is 24.0 Å². The van der Waals surface area contributed by atoms with Crippen molar-refractivity contribution >= 4 is 23.2 Å². The highest BCUT2D eigenvalue weighted by atomic mass is 16.5. The number of carbonyl (C=O) groups excluding carboxylic acids is 2. The van der Waals surface area contributed by atoms with Crippen LogP contribution in [0.5, 0.6) is 5.75 Å². The summed E-state index contributed by atoms with van der Waals surface area (Å²) in [7, 11) is 1.74. The van der Waals surface area contributed by atoms with Crippen molar-refractivity contribution in [3.63, 3.8) is 0 Å². The van der Waals surface area contributed by atoms with Gasteiger partial charge in [0.25, 0.3) is 11.8 Å². The Labute approximate surface area is 183 Å². The maximum absolute atomic E-state index is 12.7. The second-order valence-corrected chi connectivity index (χ2v) is 7.81. The molecule has 0 fully saturated rings. The zero-order valence-corrected chi connectivity index (χ0v) is 18.4. The molecule has 3 rings (SSSR count). The highest BCUT2D eigenvalue weighted by Crippen LogP contribution is 2.27. The second kappa shape index (κ2) is 9.94. The largest absolute Gasteiger partial charge is 0.483 e. The van der Waals surface area contributed by atoms with Crippen LogP contribution in [0.4, 0.5) is 11.4 Å². The molecule has 0 atom stereocenters. The molecule has 3 aromatic carbocycles. The molecule has 0 unspecified atom stereocenters. The van der Waals surface area contributed by atoms with Crippen molar-refractivity contribution in [3.8, 4) is 5.75 Å². The van der Waals surface area contributed by atoms with E-state index in [1.807, 2.05) is 55.5 Å². The third kappa shape index (κ3) is 5.72. The Hall–Kier alpha value is -3.60. The molecule has 5 nitrogen and oxygen atoms in total. The smallest absolute Gasteiger partial charge is 0.262 e. The van der Waals surface area contributed by atoms with Crippen LogP contribution in [0.25, 0.3) is 0 Å². The SMILES string of the molecule is Cc1ccc(C(C)C)c(OCC(=O)Nc2ccc(C(=O)N(C)c3ccccc3)cc2)c1. The maximum Gasteiger partial charge on any atom is 0.262 e. The van der Waals surface area contributed by atoms with Crippen LogP contribution in [0.15, 0.2) is 72.8 Å². The van der Waals surface area contributed by atoms with E-state index >= 15 is 0 Å². The van der Waals surface area contributed by atoms with E-state index in [1.54, 1.807) is 36.2 Å². The summed E-state index contributed by atoms with van der Waals surface area (Å²) in [4.78, 5) is 26.6. The van der Waals surface area contributed by atoms with Crippen molar-refractivity contribution in [2.45, 2.75) is 26.7 Å². The molecule has 31 heavy (non-hydrogen) atoms. The summed E-state index contributed by atoms with van der Waals surface area (Å²) in [5, 5.41) is 2.81. The van der Waals surface area contributed by atoms with Gasteiger partial charge in [0.2, 0.25) is 0 Å². The molecule has 0 saturated heterocycles. The molecule has 2 amide bonds. The van der Waals surface area contributed by atoms with Gasteiger partial charge in [0.1, 0.15) is 5.75 Å². The predicted octanol–water partition coefficient (Wildman–Crippen LogP) is 5.41. The van der Waals surface area contributed by atoms with Crippen molar-refractivity contribution in [3.05, 3.63) is 89.5 Å². The van der Waals surface area contributed by atoms with E-state index in [0.29, 0.717) is 17.2 Å². The van der Waals surface area contributed by atoms with E-state index in [9.17, 15) is 9.59 Å². The first-order valence-corrected chi connectivity index (χ1v) is 10.3. The minimum Gasteiger partial charge on any atom is -0.483 e. The van der Waals surface area contributed by atoms with Crippen LogP contribution in [0, 0.1) is 6.92 Å². The number of nitrogens with zero attached hydrogens (tertiary/aromatic N) is 1. The zero-order chi connectivity index (χ0) is 22.4. The molecule has 5 heteroatoms. The third-order valence-electron chi connectivity index (χ3n) is 5.01. The van der Waals surface area contributed by atoms with E-state index < -0.39 is 0 Å². The lowest BCUT2D eigenvalue weighted by Gasteiger charge is -2.17. The molecule has 0 spiro atoms. The molecule has 0 saturated carbocycles. The number of hydrogen-bond donors (Lipinski definition) is 1. The van der Waals surface area contributed by atoms with Gasteiger partial charge < -0.3 is 15.0 Å². The predicted molar refractivity (Wildman–Crippen MR) is 125 cm³/mol. The summed E-state index contributed by atoms with van der Waals surface area (Å²) in [6.07, 6.45) is 0. The summed E-state index contributed by atoms with van der Waals surface area (Å²) in [5.74, 6) is 0.664. The van der Waals surface area contributed by atoms with Crippen LogP contribution in [0.2, 0.25) is 0 Å². The minimum absolute atomic E-state index is 0.0827. The first kappa shape index (κ1) is 22.1. The van der Waals surface area contributed by atoms with Crippen LogP contribution in [-0.4, -0.2) is 25.5 Å². The van der Waals surface area contributed by atoms with Crippen molar-refractivity contribution < 1.29 is 14.3 Å². The molecule has 160 valence electrons. The Morgan fingerprint density at radius 3 is 2.29 bits per heavy atom. The quantitative estimate of drug-likeness (QED) is 0.560. The molecular formula is C26H28N2O3. The van der Waals surface area contributed by atoms with Crippen LogP contribution >= 0.6 is 0 Å². The molecule has 0 aliphatic heterocycles. The van der Waals surface area contributed by atoms with E-state index in [-0.39, 0.29) is 18.4 Å². The van der Waals surface area contributed by atoms with Crippen molar-refractivity contribution in [1.82, 2.24) is 0 Å². The Kier molecular flexibility index (Phi) is 7.08. The molecule has 1 N–H and O–H groups in total. The van der Waals surface area contributed by atoms with Crippen LogP contribution < -0.4 is 15.0 Å².